The van der Waals surface area contributed by atoms with Crippen LogP contribution in [0.3, 0.4) is 0 Å². The molecule has 1 aliphatic heterocycles. The second-order valence-corrected chi connectivity index (χ2v) is 6.62. The van der Waals surface area contributed by atoms with Gasteiger partial charge in [-0.05, 0) is 19.1 Å². The van der Waals surface area contributed by atoms with Crippen molar-refractivity contribution in [2.75, 3.05) is 25.1 Å². The van der Waals surface area contributed by atoms with Crippen LogP contribution in [0, 0.1) is 5.41 Å². The van der Waals surface area contributed by atoms with Gasteiger partial charge in [0.25, 0.3) is 0 Å². The van der Waals surface area contributed by atoms with Crippen LogP contribution in [-0.4, -0.2) is 43.0 Å². The first-order valence-electron chi connectivity index (χ1n) is 7.52. The van der Waals surface area contributed by atoms with Crippen LogP contribution in [0.5, 0.6) is 5.75 Å². The number of ether oxygens (including phenoxy) is 1. The van der Waals surface area contributed by atoms with Crippen LogP contribution in [0.2, 0.25) is 0 Å². The molecule has 1 unspecified atom stereocenters. The molecule has 0 bridgehead atoms. The molecule has 0 spiro atoms. The van der Waals surface area contributed by atoms with Crippen LogP contribution in [-0.2, 0) is 9.59 Å². The van der Waals surface area contributed by atoms with Crippen molar-refractivity contribution in [2.24, 2.45) is 5.41 Å². The SMILES string of the molecule is COc1cccc(N2CCN(C(=O)C(C)(C)C)C(C)C2=O)c1. The average molecular weight is 304 g/mol. The third-order valence-electron chi connectivity index (χ3n) is 3.92. The number of anilines is 1. The lowest BCUT2D eigenvalue weighted by atomic mass is 9.93. The van der Waals surface area contributed by atoms with Crippen LogP contribution >= 0.6 is 0 Å². The van der Waals surface area contributed by atoms with Crippen LogP contribution < -0.4 is 9.64 Å². The van der Waals surface area contributed by atoms with Crippen LogP contribution in [0.15, 0.2) is 24.3 Å². The van der Waals surface area contributed by atoms with E-state index in [0.717, 1.165) is 5.69 Å². The molecule has 0 saturated carbocycles. The topological polar surface area (TPSA) is 49.9 Å². The van der Waals surface area contributed by atoms with E-state index in [1.807, 2.05) is 45.0 Å². The summed E-state index contributed by atoms with van der Waals surface area (Å²) in [4.78, 5) is 28.5. The fourth-order valence-corrected chi connectivity index (χ4v) is 2.61. The van der Waals surface area contributed by atoms with Crippen LogP contribution in [0.1, 0.15) is 27.7 Å². The third kappa shape index (κ3) is 3.08. The van der Waals surface area contributed by atoms with Crippen molar-refractivity contribution in [3.8, 4) is 5.75 Å². The van der Waals surface area contributed by atoms with Gasteiger partial charge in [0, 0.05) is 30.3 Å². The largest absolute Gasteiger partial charge is 0.497 e. The maximum Gasteiger partial charge on any atom is 0.249 e. The van der Waals surface area contributed by atoms with Crippen molar-refractivity contribution in [1.82, 2.24) is 4.90 Å². The highest BCUT2D eigenvalue weighted by Crippen LogP contribution is 2.27. The number of benzene rings is 1. The van der Waals surface area contributed by atoms with E-state index >= 15 is 0 Å². The summed E-state index contributed by atoms with van der Waals surface area (Å²) in [6, 6.07) is 6.97. The minimum Gasteiger partial charge on any atom is -0.497 e. The molecule has 0 aromatic heterocycles. The monoisotopic (exact) mass is 304 g/mol. The summed E-state index contributed by atoms with van der Waals surface area (Å²) in [5.41, 5.74) is 0.325. The zero-order chi connectivity index (χ0) is 16.5. The molecule has 2 amide bonds. The highest BCUT2D eigenvalue weighted by molar-refractivity contribution is 6.00. The molecule has 1 fully saturated rings. The predicted molar refractivity (Wildman–Crippen MR) is 86.0 cm³/mol. The molecule has 0 radical (unpaired) electrons. The lowest BCUT2D eigenvalue weighted by Crippen LogP contribution is -2.59. The Labute approximate surface area is 131 Å². The predicted octanol–water partition coefficient (Wildman–Crippen LogP) is 2.31. The Morgan fingerprint density at radius 2 is 1.95 bits per heavy atom. The number of carbonyl (C=O) groups is 2. The highest BCUT2D eigenvalue weighted by atomic mass is 16.5. The van der Waals surface area contributed by atoms with E-state index in [1.165, 1.54) is 0 Å². The number of rotatable bonds is 2. The lowest BCUT2D eigenvalue weighted by molar-refractivity contribution is -0.147. The number of nitrogens with zero attached hydrogens (tertiary/aromatic N) is 2. The van der Waals surface area contributed by atoms with Gasteiger partial charge in [0.2, 0.25) is 11.8 Å². The number of carbonyl (C=O) groups excluding carboxylic acids is 2. The smallest absolute Gasteiger partial charge is 0.249 e. The summed E-state index contributed by atoms with van der Waals surface area (Å²) >= 11 is 0. The minimum atomic E-state index is -0.479. The maximum atomic E-state index is 12.7. The van der Waals surface area contributed by atoms with E-state index < -0.39 is 11.5 Å². The highest BCUT2D eigenvalue weighted by Gasteiger charge is 2.38. The Morgan fingerprint density at radius 3 is 2.55 bits per heavy atom. The summed E-state index contributed by atoms with van der Waals surface area (Å²) in [6.07, 6.45) is 0. The Hall–Kier alpha value is -2.04. The Balaban J connectivity index is 2.20. The number of methoxy groups -OCH3 is 1. The standard InChI is InChI=1S/C17H24N2O3/c1-12-15(20)19(13-7-6-8-14(11-13)22-5)10-9-18(12)16(21)17(2,3)4/h6-8,11-12H,9-10H2,1-5H3. The van der Waals surface area contributed by atoms with Crippen molar-refractivity contribution in [2.45, 2.75) is 33.7 Å². The first-order chi connectivity index (χ1) is 10.3. The van der Waals surface area contributed by atoms with Gasteiger partial charge < -0.3 is 14.5 Å². The zero-order valence-corrected chi connectivity index (χ0v) is 13.9. The maximum absolute atomic E-state index is 12.7. The molecule has 22 heavy (non-hydrogen) atoms. The molecule has 0 N–H and O–H groups in total. The molecule has 1 atom stereocenters. The molecule has 0 aliphatic carbocycles. The van der Waals surface area contributed by atoms with Gasteiger partial charge in [-0.1, -0.05) is 26.8 Å². The first-order valence-corrected chi connectivity index (χ1v) is 7.52. The van der Waals surface area contributed by atoms with E-state index in [1.54, 1.807) is 23.8 Å². The van der Waals surface area contributed by atoms with Gasteiger partial charge in [0.15, 0.2) is 0 Å². The molecule has 1 aliphatic rings. The molecular formula is C17H24N2O3. The molecule has 2 rings (SSSR count). The van der Waals surface area contributed by atoms with Crippen molar-refractivity contribution in [1.29, 1.82) is 0 Å². The molecule has 1 saturated heterocycles. The summed E-state index contributed by atoms with van der Waals surface area (Å²) in [5.74, 6) is 0.668. The van der Waals surface area contributed by atoms with Gasteiger partial charge in [0.1, 0.15) is 11.8 Å². The third-order valence-corrected chi connectivity index (χ3v) is 3.92. The van der Waals surface area contributed by atoms with Crippen molar-refractivity contribution in [3.05, 3.63) is 24.3 Å². The van der Waals surface area contributed by atoms with Gasteiger partial charge in [-0.3, -0.25) is 9.59 Å². The fraction of sp³-hybridized carbons (Fsp3) is 0.529. The van der Waals surface area contributed by atoms with E-state index in [0.29, 0.717) is 18.8 Å². The molecule has 1 aromatic rings. The lowest BCUT2D eigenvalue weighted by Gasteiger charge is -2.41. The molecule has 1 aromatic carbocycles. The minimum absolute atomic E-state index is 0.0126. The van der Waals surface area contributed by atoms with Crippen molar-refractivity contribution >= 4 is 17.5 Å². The van der Waals surface area contributed by atoms with E-state index in [9.17, 15) is 9.59 Å². The van der Waals surface area contributed by atoms with E-state index in [-0.39, 0.29) is 11.8 Å². The molecular weight excluding hydrogens is 280 g/mol. The number of amides is 2. The van der Waals surface area contributed by atoms with Gasteiger partial charge in [-0.2, -0.15) is 0 Å². The van der Waals surface area contributed by atoms with Crippen molar-refractivity contribution in [3.63, 3.8) is 0 Å². The molecule has 1 heterocycles. The van der Waals surface area contributed by atoms with E-state index in [2.05, 4.69) is 0 Å². The number of piperazine rings is 1. The van der Waals surface area contributed by atoms with E-state index in [4.69, 9.17) is 4.74 Å². The van der Waals surface area contributed by atoms with Gasteiger partial charge in [0.05, 0.1) is 7.11 Å². The molecule has 5 heteroatoms. The summed E-state index contributed by atoms with van der Waals surface area (Å²) in [7, 11) is 1.60. The average Bonchev–Trinajstić information content (AvgIpc) is 2.48. The second-order valence-electron chi connectivity index (χ2n) is 6.62. The Bertz CT molecular complexity index is 578. The fourth-order valence-electron chi connectivity index (χ4n) is 2.61. The first kappa shape index (κ1) is 16.3. The normalized spacial score (nSPS) is 19.3. The number of hydrogen-bond donors (Lipinski definition) is 0. The number of hydrogen-bond acceptors (Lipinski definition) is 3. The summed E-state index contributed by atoms with van der Waals surface area (Å²) in [6.45, 7) is 8.46. The zero-order valence-electron chi connectivity index (χ0n) is 13.9. The summed E-state index contributed by atoms with van der Waals surface area (Å²) < 4.78 is 5.21. The van der Waals surface area contributed by atoms with Gasteiger partial charge in [-0.15, -0.1) is 0 Å². The van der Waals surface area contributed by atoms with Crippen LogP contribution in [0.4, 0.5) is 5.69 Å². The second kappa shape index (κ2) is 5.99. The Morgan fingerprint density at radius 1 is 1.27 bits per heavy atom. The quantitative estimate of drug-likeness (QED) is 0.842. The van der Waals surface area contributed by atoms with Gasteiger partial charge >= 0.3 is 0 Å². The van der Waals surface area contributed by atoms with Crippen LogP contribution in [0.25, 0.3) is 0 Å². The van der Waals surface area contributed by atoms with Gasteiger partial charge in [-0.25, -0.2) is 0 Å². The Kier molecular flexibility index (Phi) is 4.44. The molecule has 5 nitrogen and oxygen atoms in total. The van der Waals surface area contributed by atoms with Crippen molar-refractivity contribution < 1.29 is 14.3 Å². The molecule has 120 valence electrons. The summed E-state index contributed by atoms with van der Waals surface area (Å²) in [5, 5.41) is 0.